The molecule has 12 heteroatoms. The first-order chi connectivity index (χ1) is 10.3. The van der Waals surface area contributed by atoms with Gasteiger partial charge in [0.2, 0.25) is 0 Å². The highest BCUT2D eigenvalue weighted by molar-refractivity contribution is 7.50. The van der Waals surface area contributed by atoms with Gasteiger partial charge in [-0.3, -0.25) is 9.09 Å². The van der Waals surface area contributed by atoms with Crippen LogP contribution in [0.15, 0.2) is 12.7 Å². The fraction of sp³-hybridized carbons (Fsp3) is 0.500. The molecule has 2 aromatic rings. The van der Waals surface area contributed by atoms with Gasteiger partial charge in [0.25, 0.3) is 0 Å². The lowest BCUT2D eigenvalue weighted by Gasteiger charge is -2.16. The molecule has 0 radical (unpaired) electrons. The van der Waals surface area contributed by atoms with E-state index >= 15 is 0 Å². The summed E-state index contributed by atoms with van der Waals surface area (Å²) in [4.78, 5) is 21.0. The van der Waals surface area contributed by atoms with Gasteiger partial charge in [0.15, 0.2) is 11.5 Å². The topological polar surface area (TPSA) is 172 Å². The van der Waals surface area contributed by atoms with Gasteiger partial charge in [-0.25, -0.2) is 25.0 Å². The van der Waals surface area contributed by atoms with E-state index in [1.807, 2.05) is 0 Å². The number of aromatic nitrogens is 4. The van der Waals surface area contributed by atoms with Crippen molar-refractivity contribution < 1.29 is 23.8 Å². The molecule has 4 atom stereocenters. The van der Waals surface area contributed by atoms with E-state index in [1.165, 1.54) is 12.7 Å². The summed E-state index contributed by atoms with van der Waals surface area (Å²) in [6.07, 6.45) is 0.802. The fourth-order valence-electron chi connectivity index (χ4n) is 2.30. The van der Waals surface area contributed by atoms with E-state index in [9.17, 15) is 9.67 Å². The van der Waals surface area contributed by atoms with Gasteiger partial charge in [-0.05, 0) is 0 Å². The van der Waals surface area contributed by atoms with Crippen molar-refractivity contribution in [3.8, 4) is 0 Å². The largest absolute Gasteiger partial charge is 0.400 e. The van der Waals surface area contributed by atoms with Crippen molar-refractivity contribution in [3.05, 3.63) is 12.7 Å². The van der Waals surface area contributed by atoms with Gasteiger partial charge in [-0.15, -0.1) is 0 Å². The van der Waals surface area contributed by atoms with Crippen LogP contribution < -0.4 is 11.2 Å². The van der Waals surface area contributed by atoms with Gasteiger partial charge in [0.05, 0.1) is 19.0 Å². The third-order valence-corrected chi connectivity index (χ3v) is 3.84. The predicted molar refractivity (Wildman–Crippen MR) is 74.2 cm³/mol. The van der Waals surface area contributed by atoms with Crippen LogP contribution in [-0.4, -0.2) is 48.3 Å². The average Bonchev–Trinajstić information content (AvgIpc) is 3.00. The molecule has 1 aliphatic heterocycles. The van der Waals surface area contributed by atoms with Crippen LogP contribution in [0.5, 0.6) is 0 Å². The minimum absolute atomic E-state index is 0.240. The molecule has 0 saturated carbocycles. The van der Waals surface area contributed by atoms with E-state index in [1.54, 1.807) is 4.57 Å². The van der Waals surface area contributed by atoms with E-state index < -0.39 is 26.2 Å². The molecule has 3 heterocycles. The first-order valence-corrected chi connectivity index (χ1v) is 8.02. The normalized spacial score (nSPS) is 28.0. The first kappa shape index (κ1) is 15.3. The number of aliphatic hydroxyl groups is 1. The second-order valence-corrected chi connectivity index (χ2v) is 6.26. The molecule has 2 unspecified atom stereocenters. The Bertz CT molecular complexity index is 732. The third-order valence-electron chi connectivity index (χ3n) is 3.33. The van der Waals surface area contributed by atoms with Gasteiger partial charge in [-0.1, -0.05) is 0 Å². The monoisotopic (exact) mass is 330 g/mol. The zero-order valence-corrected chi connectivity index (χ0v) is 12.2. The molecule has 120 valence electrons. The number of hydrogen-bond acceptors (Lipinski definition) is 8. The second-order valence-electron chi connectivity index (χ2n) is 4.88. The van der Waals surface area contributed by atoms with Gasteiger partial charge >= 0.3 is 7.75 Å². The lowest BCUT2D eigenvalue weighted by Crippen LogP contribution is -2.26. The number of imidazole rings is 1. The second kappa shape index (κ2) is 5.54. The first-order valence-electron chi connectivity index (χ1n) is 6.37. The maximum Gasteiger partial charge on any atom is 0.400 e. The van der Waals surface area contributed by atoms with Crippen molar-refractivity contribution in [1.29, 1.82) is 0 Å². The summed E-state index contributed by atoms with van der Waals surface area (Å²) >= 11 is 0. The van der Waals surface area contributed by atoms with Crippen LogP contribution in [-0.2, 0) is 13.8 Å². The minimum Gasteiger partial charge on any atom is -0.390 e. The Kier molecular flexibility index (Phi) is 3.85. The van der Waals surface area contributed by atoms with E-state index in [2.05, 4.69) is 19.5 Å². The van der Waals surface area contributed by atoms with Crippen molar-refractivity contribution >= 4 is 24.7 Å². The van der Waals surface area contributed by atoms with Crippen LogP contribution >= 0.6 is 7.75 Å². The van der Waals surface area contributed by atoms with Crippen LogP contribution in [0.2, 0.25) is 0 Å². The number of anilines is 1. The molecule has 0 aromatic carbocycles. The zero-order valence-electron chi connectivity index (χ0n) is 11.3. The Hall–Kier alpha value is -1.62. The number of aliphatic hydroxyl groups excluding tert-OH is 1. The zero-order chi connectivity index (χ0) is 15.9. The summed E-state index contributed by atoms with van der Waals surface area (Å²) in [5, 5.41) is 9.97. The number of nitrogens with two attached hydrogens (primary N) is 2. The molecule has 1 aliphatic rings. The van der Waals surface area contributed by atoms with E-state index in [4.69, 9.17) is 20.9 Å². The van der Waals surface area contributed by atoms with Crippen LogP contribution in [0.4, 0.5) is 5.82 Å². The van der Waals surface area contributed by atoms with Crippen LogP contribution in [0, 0.1) is 0 Å². The summed E-state index contributed by atoms with van der Waals surface area (Å²) < 4.78 is 22.7. The fourth-order valence-corrected chi connectivity index (χ4v) is 2.66. The van der Waals surface area contributed by atoms with Crippen molar-refractivity contribution in [2.75, 3.05) is 12.3 Å². The molecular weight excluding hydrogens is 315 g/mol. The lowest BCUT2D eigenvalue weighted by atomic mass is 10.2. The highest BCUT2D eigenvalue weighted by Crippen LogP contribution is 2.36. The summed E-state index contributed by atoms with van der Waals surface area (Å²) in [5.41, 5.74) is 11.5. The van der Waals surface area contributed by atoms with Crippen LogP contribution in [0.1, 0.15) is 12.6 Å². The number of fused-ring (bicyclic) bond motifs is 1. The van der Waals surface area contributed by atoms with Crippen LogP contribution in [0.3, 0.4) is 0 Å². The number of hydrogen-bond donors (Lipinski definition) is 4. The van der Waals surface area contributed by atoms with E-state index in [0.29, 0.717) is 11.2 Å². The Morgan fingerprint density at radius 3 is 3.00 bits per heavy atom. The van der Waals surface area contributed by atoms with Gasteiger partial charge in [0.1, 0.15) is 24.2 Å². The van der Waals surface area contributed by atoms with Crippen LogP contribution in [0.25, 0.3) is 11.2 Å². The highest BCUT2D eigenvalue weighted by Gasteiger charge is 2.37. The number of nitrogens with zero attached hydrogens (tertiary/aromatic N) is 4. The van der Waals surface area contributed by atoms with Gasteiger partial charge in [0, 0.05) is 6.42 Å². The maximum absolute atomic E-state index is 10.9. The number of rotatable bonds is 4. The molecule has 3 rings (SSSR count). The Balaban J connectivity index is 1.78. The van der Waals surface area contributed by atoms with Crippen molar-refractivity contribution in [2.45, 2.75) is 24.9 Å². The summed E-state index contributed by atoms with van der Waals surface area (Å²) in [6, 6.07) is 0. The van der Waals surface area contributed by atoms with E-state index in [-0.39, 0.29) is 18.8 Å². The number of ether oxygens (including phenoxy) is 1. The van der Waals surface area contributed by atoms with Crippen molar-refractivity contribution in [2.24, 2.45) is 5.50 Å². The summed E-state index contributed by atoms with van der Waals surface area (Å²) in [7, 11) is -4.12. The molecular formula is C10H15N6O5P. The Morgan fingerprint density at radius 1 is 1.50 bits per heavy atom. The SMILES string of the molecule is Nc1ncnc2c1ncn2C1C[C@H](O)[C@@H](COP(N)(=O)O)O1. The molecule has 0 spiro atoms. The quantitative estimate of drug-likeness (QED) is 0.516. The Morgan fingerprint density at radius 2 is 2.27 bits per heavy atom. The molecule has 1 fully saturated rings. The minimum atomic E-state index is -4.12. The molecule has 2 aromatic heterocycles. The molecule has 0 amide bonds. The lowest BCUT2D eigenvalue weighted by molar-refractivity contribution is -0.0396. The molecule has 11 nitrogen and oxygen atoms in total. The summed E-state index contributed by atoms with van der Waals surface area (Å²) in [6.45, 7) is -0.300. The smallest absolute Gasteiger partial charge is 0.390 e. The third kappa shape index (κ3) is 2.95. The van der Waals surface area contributed by atoms with Crippen molar-refractivity contribution in [1.82, 2.24) is 19.5 Å². The predicted octanol–water partition coefficient (Wildman–Crippen LogP) is -0.867. The molecule has 0 bridgehead atoms. The molecule has 1 saturated heterocycles. The molecule has 0 aliphatic carbocycles. The van der Waals surface area contributed by atoms with Gasteiger partial charge in [-0.2, -0.15) is 0 Å². The Labute approximate surface area is 124 Å². The maximum atomic E-state index is 10.9. The van der Waals surface area contributed by atoms with Gasteiger partial charge < -0.3 is 20.5 Å². The number of nitrogen functional groups attached to an aromatic ring is 1. The standard InChI is InChI=1S/C10H15N6O5P/c11-9-8-10(14-3-13-9)16(4-15-8)7-1-5(17)6(21-7)2-20-22(12,18)19/h3-7,17H,1-2H2,(H2,11,13,14)(H3,12,18,19)/t5-,6+,7?/m0/s1. The summed E-state index contributed by atoms with van der Waals surface area (Å²) in [5.74, 6) is 0.242. The average molecular weight is 330 g/mol. The molecule has 6 N–H and O–H groups in total. The van der Waals surface area contributed by atoms with Crippen molar-refractivity contribution in [3.63, 3.8) is 0 Å². The molecule has 22 heavy (non-hydrogen) atoms. The van der Waals surface area contributed by atoms with E-state index in [0.717, 1.165) is 0 Å². The highest BCUT2D eigenvalue weighted by atomic mass is 31.2.